The minimum absolute atomic E-state index is 0.0591. The van der Waals surface area contributed by atoms with Gasteiger partial charge in [-0.25, -0.2) is 4.79 Å². The van der Waals surface area contributed by atoms with E-state index in [0.29, 0.717) is 12.0 Å². The first-order valence-corrected chi connectivity index (χ1v) is 7.62. The molecule has 1 saturated carbocycles. The zero-order chi connectivity index (χ0) is 14.7. The van der Waals surface area contributed by atoms with Crippen molar-refractivity contribution in [1.29, 1.82) is 0 Å². The quantitative estimate of drug-likeness (QED) is 0.853. The van der Waals surface area contributed by atoms with E-state index in [1.54, 1.807) is 0 Å². The molecule has 0 aromatic carbocycles. The van der Waals surface area contributed by atoms with E-state index >= 15 is 0 Å². The molecule has 0 bridgehead atoms. The molecule has 0 spiro atoms. The lowest BCUT2D eigenvalue weighted by Crippen LogP contribution is -2.46. The number of nitrogens with one attached hydrogen (secondary N) is 1. The van der Waals surface area contributed by atoms with E-state index in [-0.39, 0.29) is 12.1 Å². The Kier molecular flexibility index (Phi) is 4.73. The molecule has 0 unspecified atom stereocenters. The maximum atomic E-state index is 12.2. The first kappa shape index (κ1) is 14.9. The minimum Gasteiger partial charge on any atom is -0.354 e. The first-order valence-electron chi connectivity index (χ1n) is 7.62. The first-order chi connectivity index (χ1) is 9.49. The van der Waals surface area contributed by atoms with Crippen LogP contribution in [0.4, 0.5) is 4.79 Å². The molecule has 1 N–H and O–H groups in total. The van der Waals surface area contributed by atoms with Gasteiger partial charge in [0.05, 0.1) is 0 Å². The Morgan fingerprint density at radius 2 is 2.20 bits per heavy atom. The highest BCUT2D eigenvalue weighted by molar-refractivity contribution is 5.74. The van der Waals surface area contributed by atoms with E-state index in [9.17, 15) is 4.79 Å². The smallest absolute Gasteiger partial charge is 0.317 e. The summed E-state index contributed by atoms with van der Waals surface area (Å²) in [6.45, 7) is 4.22. The molecule has 112 valence electrons. The van der Waals surface area contributed by atoms with Gasteiger partial charge in [-0.15, -0.1) is 0 Å². The summed E-state index contributed by atoms with van der Waals surface area (Å²) in [5.41, 5.74) is 1.31. The van der Waals surface area contributed by atoms with Crippen molar-refractivity contribution >= 4 is 6.03 Å². The van der Waals surface area contributed by atoms with Crippen LogP contribution in [0.1, 0.15) is 38.8 Å². The summed E-state index contributed by atoms with van der Waals surface area (Å²) in [5.74, 6) is 0.712. The van der Waals surface area contributed by atoms with Crippen LogP contribution in [0.5, 0.6) is 0 Å². The summed E-state index contributed by atoms with van der Waals surface area (Å²) in [7, 11) is 3.96. The van der Waals surface area contributed by atoms with Crippen molar-refractivity contribution in [2.45, 2.75) is 51.6 Å². The molecule has 1 fully saturated rings. The van der Waals surface area contributed by atoms with Crippen LogP contribution in [-0.2, 0) is 13.5 Å². The number of carbonyl (C=O) groups is 1. The van der Waals surface area contributed by atoms with Crippen LogP contribution in [0.3, 0.4) is 0 Å². The maximum Gasteiger partial charge on any atom is 0.317 e. The molecule has 2 atom stereocenters. The summed E-state index contributed by atoms with van der Waals surface area (Å²) in [5, 5.41) is 3.10. The molecule has 1 aliphatic carbocycles. The van der Waals surface area contributed by atoms with E-state index in [1.807, 2.05) is 11.9 Å². The monoisotopic (exact) mass is 277 g/mol. The van der Waals surface area contributed by atoms with E-state index in [1.165, 1.54) is 18.5 Å². The van der Waals surface area contributed by atoms with Gasteiger partial charge in [0.2, 0.25) is 0 Å². The predicted molar refractivity (Wildman–Crippen MR) is 81.7 cm³/mol. The fourth-order valence-electron chi connectivity index (χ4n) is 2.59. The maximum absolute atomic E-state index is 12.2. The second-order valence-electron chi connectivity index (χ2n) is 6.19. The lowest BCUT2D eigenvalue weighted by atomic mass is 10.1. The van der Waals surface area contributed by atoms with Gasteiger partial charge in [-0.05, 0) is 57.6 Å². The fraction of sp³-hybridized carbons (Fsp3) is 0.688. The molecule has 1 heterocycles. The van der Waals surface area contributed by atoms with Crippen molar-refractivity contribution in [2.24, 2.45) is 13.0 Å². The van der Waals surface area contributed by atoms with E-state index < -0.39 is 0 Å². The van der Waals surface area contributed by atoms with Gasteiger partial charge >= 0.3 is 6.03 Å². The minimum atomic E-state index is 0.0591. The molecule has 4 heteroatoms. The zero-order valence-corrected chi connectivity index (χ0v) is 13.1. The molecular formula is C16H27N3O. The van der Waals surface area contributed by atoms with Gasteiger partial charge in [0.1, 0.15) is 0 Å². The highest BCUT2D eigenvalue weighted by Crippen LogP contribution is 2.34. The molecule has 2 rings (SSSR count). The lowest BCUT2D eigenvalue weighted by molar-refractivity contribution is 0.184. The Morgan fingerprint density at radius 1 is 1.50 bits per heavy atom. The Balaban J connectivity index is 1.74. The van der Waals surface area contributed by atoms with Crippen molar-refractivity contribution in [3.8, 4) is 0 Å². The number of hydrogen-bond acceptors (Lipinski definition) is 1. The average molecular weight is 277 g/mol. The fourth-order valence-corrected chi connectivity index (χ4v) is 2.59. The number of aryl methyl sites for hydroxylation is 2. The van der Waals surface area contributed by atoms with Crippen LogP contribution in [0.15, 0.2) is 18.3 Å². The average Bonchev–Trinajstić information content (AvgIpc) is 3.18. The largest absolute Gasteiger partial charge is 0.354 e. The van der Waals surface area contributed by atoms with Crippen molar-refractivity contribution in [3.05, 3.63) is 24.0 Å². The third kappa shape index (κ3) is 3.78. The van der Waals surface area contributed by atoms with Gasteiger partial charge in [-0.3, -0.25) is 0 Å². The summed E-state index contributed by atoms with van der Waals surface area (Å²) in [4.78, 5) is 14.0. The van der Waals surface area contributed by atoms with Crippen molar-refractivity contribution in [2.75, 3.05) is 7.05 Å². The standard InChI is InChI=1S/C16H27N3O/c1-12(7-10-15-6-5-11-18(15)3)17-16(20)19(4)13(2)14-8-9-14/h5-6,11-14H,7-10H2,1-4H3,(H,17,20)/t12-,13+/m1/s1. The summed E-state index contributed by atoms with van der Waals surface area (Å²) < 4.78 is 2.13. The van der Waals surface area contributed by atoms with Crippen LogP contribution in [0.25, 0.3) is 0 Å². The number of urea groups is 1. The lowest BCUT2D eigenvalue weighted by Gasteiger charge is -2.27. The second kappa shape index (κ2) is 6.33. The topological polar surface area (TPSA) is 37.3 Å². The predicted octanol–water partition coefficient (Wildman–Crippen LogP) is 2.79. The summed E-state index contributed by atoms with van der Waals surface area (Å²) in [6.07, 6.45) is 6.55. The van der Waals surface area contributed by atoms with E-state index in [4.69, 9.17) is 0 Å². The van der Waals surface area contributed by atoms with Crippen LogP contribution in [-0.4, -0.2) is 34.6 Å². The molecule has 0 saturated heterocycles. The van der Waals surface area contributed by atoms with Crippen LogP contribution in [0, 0.1) is 5.92 Å². The number of carbonyl (C=O) groups excluding carboxylic acids is 1. The third-order valence-electron chi connectivity index (χ3n) is 4.49. The molecule has 1 aromatic rings. The third-order valence-corrected chi connectivity index (χ3v) is 4.49. The highest BCUT2D eigenvalue weighted by atomic mass is 16.2. The number of aromatic nitrogens is 1. The number of hydrogen-bond donors (Lipinski definition) is 1. The van der Waals surface area contributed by atoms with Gasteiger partial charge in [0, 0.05) is 38.1 Å². The molecule has 1 aliphatic rings. The molecular weight excluding hydrogens is 250 g/mol. The Hall–Kier alpha value is -1.45. The zero-order valence-electron chi connectivity index (χ0n) is 13.1. The molecule has 0 aliphatic heterocycles. The Bertz CT molecular complexity index is 450. The molecule has 4 nitrogen and oxygen atoms in total. The summed E-state index contributed by atoms with van der Waals surface area (Å²) >= 11 is 0. The number of nitrogens with zero attached hydrogens (tertiary/aromatic N) is 2. The van der Waals surface area contributed by atoms with Crippen LogP contribution < -0.4 is 5.32 Å². The van der Waals surface area contributed by atoms with Gasteiger partial charge in [-0.2, -0.15) is 0 Å². The van der Waals surface area contributed by atoms with Crippen molar-refractivity contribution < 1.29 is 4.79 Å². The normalized spacial score (nSPS) is 17.6. The molecule has 0 radical (unpaired) electrons. The molecule has 1 aromatic heterocycles. The highest BCUT2D eigenvalue weighted by Gasteiger charge is 2.32. The Morgan fingerprint density at radius 3 is 2.75 bits per heavy atom. The van der Waals surface area contributed by atoms with E-state index in [0.717, 1.165) is 12.8 Å². The van der Waals surface area contributed by atoms with Crippen molar-refractivity contribution in [3.63, 3.8) is 0 Å². The van der Waals surface area contributed by atoms with Crippen LogP contribution >= 0.6 is 0 Å². The van der Waals surface area contributed by atoms with Gasteiger partial charge < -0.3 is 14.8 Å². The van der Waals surface area contributed by atoms with Gasteiger partial charge in [0.15, 0.2) is 0 Å². The Labute approximate surface area is 122 Å². The summed E-state index contributed by atoms with van der Waals surface area (Å²) in [6, 6.07) is 4.81. The number of rotatable bonds is 6. The van der Waals surface area contributed by atoms with Crippen molar-refractivity contribution in [1.82, 2.24) is 14.8 Å². The van der Waals surface area contributed by atoms with Gasteiger partial charge in [0.25, 0.3) is 0 Å². The SMILES string of the molecule is C[C@H](CCc1cccn1C)NC(=O)N(C)[C@@H](C)C1CC1. The van der Waals surface area contributed by atoms with Gasteiger partial charge in [-0.1, -0.05) is 0 Å². The second-order valence-corrected chi connectivity index (χ2v) is 6.19. The molecule has 20 heavy (non-hydrogen) atoms. The van der Waals surface area contributed by atoms with E-state index in [2.05, 4.69) is 49.1 Å². The van der Waals surface area contributed by atoms with Crippen LogP contribution in [0.2, 0.25) is 0 Å². The molecule has 2 amide bonds. The number of amides is 2.